The van der Waals surface area contributed by atoms with E-state index in [-0.39, 0.29) is 0 Å². The lowest BCUT2D eigenvalue weighted by Crippen LogP contribution is -2.03. The molecule has 1 aromatic rings. The number of allylic oxidation sites excluding steroid dienone is 4. The molecule has 1 aliphatic carbocycles. The van der Waals surface area contributed by atoms with Crippen LogP contribution in [0.4, 0.5) is 5.69 Å². The second kappa shape index (κ2) is 5.09. The number of hydrogen-bond donors (Lipinski definition) is 2. The zero-order valence-electron chi connectivity index (χ0n) is 10.4. The average Bonchev–Trinajstić information content (AvgIpc) is 2.34. The zero-order chi connectivity index (χ0) is 12.3. The van der Waals surface area contributed by atoms with Crippen molar-refractivity contribution >= 4 is 5.69 Å². The molecule has 0 saturated carbocycles. The van der Waals surface area contributed by atoms with Crippen molar-refractivity contribution in [2.24, 2.45) is 5.73 Å². The van der Waals surface area contributed by atoms with Crippen molar-refractivity contribution < 1.29 is 0 Å². The molecule has 0 heterocycles. The monoisotopic (exact) mass is 228 g/mol. The third-order valence-electron chi connectivity index (χ3n) is 3.29. The van der Waals surface area contributed by atoms with E-state index < -0.39 is 0 Å². The number of benzene rings is 1. The van der Waals surface area contributed by atoms with Crippen molar-refractivity contribution in [2.45, 2.75) is 32.6 Å². The van der Waals surface area contributed by atoms with Gasteiger partial charge in [0.15, 0.2) is 0 Å². The van der Waals surface area contributed by atoms with E-state index in [1.807, 2.05) is 12.1 Å². The maximum absolute atomic E-state index is 5.91. The first kappa shape index (κ1) is 11.8. The molecule has 4 N–H and O–H groups in total. The zero-order valence-corrected chi connectivity index (χ0v) is 10.4. The molecule has 17 heavy (non-hydrogen) atoms. The number of hydrogen-bond acceptors (Lipinski definition) is 2. The maximum Gasteiger partial charge on any atom is 0.0346 e. The van der Waals surface area contributed by atoms with E-state index in [4.69, 9.17) is 11.5 Å². The second-order valence-corrected chi connectivity index (χ2v) is 4.63. The molecule has 0 saturated heterocycles. The molecule has 0 spiro atoms. The molecule has 2 nitrogen and oxygen atoms in total. The molecule has 2 heteroatoms. The molecule has 0 amide bonds. The van der Waals surface area contributed by atoms with Crippen LogP contribution in [-0.2, 0) is 12.8 Å². The van der Waals surface area contributed by atoms with E-state index in [9.17, 15) is 0 Å². The normalized spacial score (nSPS) is 15.4. The van der Waals surface area contributed by atoms with Crippen LogP contribution < -0.4 is 11.5 Å². The van der Waals surface area contributed by atoms with Gasteiger partial charge in [0.05, 0.1) is 0 Å². The first-order chi connectivity index (χ1) is 8.19. The van der Waals surface area contributed by atoms with Crippen LogP contribution >= 0.6 is 0 Å². The highest BCUT2D eigenvalue weighted by Gasteiger charge is 2.06. The Morgan fingerprint density at radius 1 is 1.12 bits per heavy atom. The Kier molecular flexibility index (Phi) is 3.52. The Hall–Kier alpha value is -1.70. The summed E-state index contributed by atoms with van der Waals surface area (Å²) in [5.41, 5.74) is 17.6. The summed E-state index contributed by atoms with van der Waals surface area (Å²) in [5, 5.41) is 0. The molecule has 0 atom stereocenters. The molecule has 0 aliphatic heterocycles. The summed E-state index contributed by atoms with van der Waals surface area (Å²) < 4.78 is 0. The van der Waals surface area contributed by atoms with E-state index in [2.05, 4.69) is 25.1 Å². The third kappa shape index (κ3) is 2.90. The number of anilines is 1. The predicted octanol–water partition coefficient (Wildman–Crippen LogP) is 2.94. The molecular weight excluding hydrogens is 208 g/mol. The number of nitrogens with two attached hydrogens (primary N) is 2. The molecule has 1 aromatic carbocycles. The molecule has 0 fully saturated rings. The van der Waals surface area contributed by atoms with Crippen LogP contribution in [0.25, 0.3) is 0 Å². The van der Waals surface area contributed by atoms with Gasteiger partial charge in [-0.2, -0.15) is 0 Å². The highest BCUT2D eigenvalue weighted by molar-refractivity contribution is 5.49. The minimum Gasteiger partial charge on any atom is -0.402 e. The topological polar surface area (TPSA) is 52.0 Å². The van der Waals surface area contributed by atoms with Crippen molar-refractivity contribution in [1.29, 1.82) is 0 Å². The lowest BCUT2D eigenvalue weighted by molar-refractivity contribution is 0.859. The van der Waals surface area contributed by atoms with E-state index in [0.717, 1.165) is 37.1 Å². The van der Waals surface area contributed by atoms with Gasteiger partial charge in [0.2, 0.25) is 0 Å². The van der Waals surface area contributed by atoms with Crippen molar-refractivity contribution in [2.75, 3.05) is 5.73 Å². The number of aryl methyl sites for hydroxylation is 1. The molecule has 0 aromatic heterocycles. The van der Waals surface area contributed by atoms with Gasteiger partial charge in [0.1, 0.15) is 0 Å². The van der Waals surface area contributed by atoms with Crippen molar-refractivity contribution in [3.8, 4) is 0 Å². The fraction of sp³-hybridized carbons (Fsp3) is 0.333. The van der Waals surface area contributed by atoms with Crippen LogP contribution in [0.1, 0.15) is 30.9 Å². The van der Waals surface area contributed by atoms with Gasteiger partial charge < -0.3 is 11.5 Å². The predicted molar refractivity (Wildman–Crippen MR) is 73.5 cm³/mol. The van der Waals surface area contributed by atoms with Crippen LogP contribution in [0, 0.1) is 0 Å². The van der Waals surface area contributed by atoms with Crippen molar-refractivity contribution in [3.05, 3.63) is 52.7 Å². The van der Waals surface area contributed by atoms with Gasteiger partial charge >= 0.3 is 0 Å². The van der Waals surface area contributed by atoms with E-state index in [0.29, 0.717) is 0 Å². The molecule has 90 valence electrons. The van der Waals surface area contributed by atoms with E-state index in [1.165, 1.54) is 16.7 Å². The summed E-state index contributed by atoms with van der Waals surface area (Å²) in [6.07, 6.45) is 8.25. The second-order valence-electron chi connectivity index (χ2n) is 4.63. The van der Waals surface area contributed by atoms with Crippen molar-refractivity contribution in [1.82, 2.24) is 0 Å². The lowest BCUT2D eigenvalue weighted by Gasteiger charge is -2.13. The highest BCUT2D eigenvalue weighted by atomic mass is 14.6. The van der Waals surface area contributed by atoms with Gasteiger partial charge in [-0.15, -0.1) is 0 Å². The Morgan fingerprint density at radius 3 is 2.59 bits per heavy atom. The number of rotatable bonds is 3. The van der Waals surface area contributed by atoms with Gasteiger partial charge in [-0.05, 0) is 49.0 Å². The standard InChI is InChI=1S/C15H20N2/c1-2-13-10-12(5-8-15(13)17)9-11-3-6-14(16)7-4-11/h3,5-6,8,10H,2,4,7,9,16-17H2,1H3. The molecule has 0 radical (unpaired) electrons. The smallest absolute Gasteiger partial charge is 0.0346 e. The van der Waals surface area contributed by atoms with Gasteiger partial charge in [-0.25, -0.2) is 0 Å². The lowest BCUT2D eigenvalue weighted by atomic mass is 9.95. The Morgan fingerprint density at radius 2 is 1.94 bits per heavy atom. The van der Waals surface area contributed by atoms with Crippen LogP contribution in [0.15, 0.2) is 41.6 Å². The summed E-state index contributed by atoms with van der Waals surface area (Å²) >= 11 is 0. The van der Waals surface area contributed by atoms with Gasteiger partial charge in [0, 0.05) is 11.4 Å². The summed E-state index contributed by atoms with van der Waals surface area (Å²) in [4.78, 5) is 0. The summed E-state index contributed by atoms with van der Waals surface area (Å²) in [6, 6.07) is 6.36. The fourth-order valence-electron chi connectivity index (χ4n) is 2.18. The van der Waals surface area contributed by atoms with Gasteiger partial charge in [-0.3, -0.25) is 0 Å². The average molecular weight is 228 g/mol. The van der Waals surface area contributed by atoms with Crippen LogP contribution in [0.2, 0.25) is 0 Å². The SMILES string of the molecule is CCc1cc(CC2=CC=C(N)CC2)ccc1N. The quantitative estimate of drug-likeness (QED) is 0.781. The third-order valence-corrected chi connectivity index (χ3v) is 3.29. The first-order valence-electron chi connectivity index (χ1n) is 6.20. The minimum atomic E-state index is 0.901. The molecule has 1 aliphatic rings. The van der Waals surface area contributed by atoms with E-state index >= 15 is 0 Å². The first-order valence-corrected chi connectivity index (χ1v) is 6.20. The molecule has 2 rings (SSSR count). The van der Waals surface area contributed by atoms with Crippen LogP contribution in [0.3, 0.4) is 0 Å². The Bertz CT molecular complexity index is 470. The van der Waals surface area contributed by atoms with Gasteiger partial charge in [-0.1, -0.05) is 30.7 Å². The maximum atomic E-state index is 5.91. The highest BCUT2D eigenvalue weighted by Crippen LogP contribution is 2.22. The van der Waals surface area contributed by atoms with Crippen LogP contribution in [0.5, 0.6) is 0 Å². The van der Waals surface area contributed by atoms with Crippen molar-refractivity contribution in [3.63, 3.8) is 0 Å². The summed E-state index contributed by atoms with van der Waals surface area (Å²) in [7, 11) is 0. The molecule has 0 bridgehead atoms. The molecule has 0 unspecified atom stereocenters. The van der Waals surface area contributed by atoms with Crippen LogP contribution in [-0.4, -0.2) is 0 Å². The van der Waals surface area contributed by atoms with Gasteiger partial charge in [0.25, 0.3) is 0 Å². The van der Waals surface area contributed by atoms with E-state index in [1.54, 1.807) is 0 Å². The minimum absolute atomic E-state index is 0.901. The summed E-state index contributed by atoms with van der Waals surface area (Å²) in [5.74, 6) is 0. The fourth-order valence-corrected chi connectivity index (χ4v) is 2.18. The number of nitrogen functional groups attached to an aromatic ring is 1. The summed E-state index contributed by atoms with van der Waals surface area (Å²) in [6.45, 7) is 2.14. The largest absolute Gasteiger partial charge is 0.402 e. The Labute approximate surface area is 103 Å². The molecular formula is C15H20N2. The Balaban J connectivity index is 2.14.